The van der Waals surface area contributed by atoms with Crippen molar-refractivity contribution in [2.45, 2.75) is 32.1 Å². The monoisotopic (exact) mass is 354 g/mol. The van der Waals surface area contributed by atoms with Gasteiger partial charge in [0, 0.05) is 52.9 Å². The molecule has 2 aliphatic heterocycles. The van der Waals surface area contributed by atoms with Crippen molar-refractivity contribution < 1.29 is 14.3 Å². The third-order valence-corrected chi connectivity index (χ3v) is 5.03. The Balaban J connectivity index is 1.64. The average molecular weight is 354 g/mol. The number of methoxy groups -OCH3 is 1. The van der Waals surface area contributed by atoms with Crippen LogP contribution in [0.15, 0.2) is 0 Å². The molecule has 0 bridgehead atoms. The molecule has 0 spiro atoms. The van der Waals surface area contributed by atoms with Crippen molar-refractivity contribution in [3.05, 3.63) is 0 Å². The van der Waals surface area contributed by atoms with Gasteiger partial charge in [-0.15, -0.1) is 0 Å². The Labute approximate surface area is 151 Å². The van der Waals surface area contributed by atoms with E-state index in [1.54, 1.807) is 7.11 Å². The van der Waals surface area contributed by atoms with Gasteiger partial charge in [0.05, 0.1) is 19.7 Å². The molecule has 25 heavy (non-hydrogen) atoms. The molecule has 0 unspecified atom stereocenters. The normalized spacial score (nSPS) is 20.8. The van der Waals surface area contributed by atoms with Crippen LogP contribution in [0.3, 0.4) is 0 Å². The van der Waals surface area contributed by atoms with E-state index in [0.717, 1.165) is 52.1 Å². The number of ether oxygens (including phenoxy) is 1. The molecular weight excluding hydrogens is 320 g/mol. The Bertz CT molecular complexity index is 403. The van der Waals surface area contributed by atoms with Crippen LogP contribution >= 0.6 is 0 Å². The fraction of sp³-hybridized carbons (Fsp3) is 0.889. The number of piperazine rings is 1. The minimum absolute atomic E-state index is 0.0437. The first-order valence-corrected chi connectivity index (χ1v) is 9.67. The quantitative estimate of drug-likeness (QED) is 0.660. The van der Waals surface area contributed by atoms with Crippen LogP contribution < -0.4 is 5.32 Å². The lowest BCUT2D eigenvalue weighted by Gasteiger charge is -2.35. The highest BCUT2D eigenvalue weighted by molar-refractivity contribution is 5.78. The van der Waals surface area contributed by atoms with Crippen LogP contribution in [0, 0.1) is 0 Å². The largest absolute Gasteiger partial charge is 0.383 e. The first-order chi connectivity index (χ1) is 12.2. The smallest absolute Gasteiger partial charge is 0.236 e. The van der Waals surface area contributed by atoms with Gasteiger partial charge in [-0.25, -0.2) is 0 Å². The Hall–Kier alpha value is -1.18. The summed E-state index contributed by atoms with van der Waals surface area (Å²) < 4.78 is 4.93. The van der Waals surface area contributed by atoms with Gasteiger partial charge in [0.25, 0.3) is 0 Å². The van der Waals surface area contributed by atoms with Gasteiger partial charge in [0.1, 0.15) is 0 Å². The van der Waals surface area contributed by atoms with Crippen molar-refractivity contribution in [2.24, 2.45) is 0 Å². The van der Waals surface area contributed by atoms with Crippen LogP contribution in [0.5, 0.6) is 0 Å². The Morgan fingerprint density at radius 3 is 2.00 bits per heavy atom. The maximum Gasteiger partial charge on any atom is 0.236 e. The second-order valence-electron chi connectivity index (χ2n) is 7.04. The SMILES string of the molecule is COCCNC(=O)CN1CCN(CC(=O)N2CCCCCCC2)CC1. The van der Waals surface area contributed by atoms with Crippen molar-refractivity contribution >= 4 is 11.8 Å². The predicted molar refractivity (Wildman–Crippen MR) is 97.4 cm³/mol. The van der Waals surface area contributed by atoms with E-state index in [1.165, 1.54) is 19.3 Å². The number of nitrogens with zero attached hydrogens (tertiary/aromatic N) is 3. The van der Waals surface area contributed by atoms with Crippen LogP contribution in [-0.2, 0) is 14.3 Å². The third kappa shape index (κ3) is 7.71. The molecule has 0 aromatic rings. The molecule has 7 nitrogen and oxygen atoms in total. The molecule has 144 valence electrons. The summed E-state index contributed by atoms with van der Waals surface area (Å²) in [6.45, 7) is 7.26. The van der Waals surface area contributed by atoms with Gasteiger partial charge < -0.3 is 15.0 Å². The summed E-state index contributed by atoms with van der Waals surface area (Å²) in [6, 6.07) is 0. The highest BCUT2D eigenvalue weighted by Gasteiger charge is 2.23. The molecule has 1 N–H and O–H groups in total. The van der Waals surface area contributed by atoms with Crippen LogP contribution in [0.25, 0.3) is 0 Å². The average Bonchev–Trinajstić information content (AvgIpc) is 2.56. The zero-order valence-corrected chi connectivity index (χ0v) is 15.7. The number of carbonyl (C=O) groups excluding carboxylic acids is 2. The summed E-state index contributed by atoms with van der Waals surface area (Å²) >= 11 is 0. The maximum absolute atomic E-state index is 12.5. The fourth-order valence-corrected chi connectivity index (χ4v) is 3.45. The lowest BCUT2D eigenvalue weighted by molar-refractivity contribution is -0.133. The van der Waals surface area contributed by atoms with Gasteiger partial charge in [0.2, 0.25) is 11.8 Å². The fourth-order valence-electron chi connectivity index (χ4n) is 3.45. The van der Waals surface area contributed by atoms with Crippen LogP contribution in [0.2, 0.25) is 0 Å². The van der Waals surface area contributed by atoms with E-state index in [1.807, 2.05) is 0 Å². The number of rotatable bonds is 7. The summed E-state index contributed by atoms with van der Waals surface area (Å²) in [6.07, 6.45) is 6.07. The van der Waals surface area contributed by atoms with Gasteiger partial charge in [-0.3, -0.25) is 19.4 Å². The number of hydrogen-bond acceptors (Lipinski definition) is 5. The number of nitrogens with one attached hydrogen (secondary N) is 1. The molecule has 0 aromatic carbocycles. The van der Waals surface area contributed by atoms with Gasteiger partial charge >= 0.3 is 0 Å². The zero-order chi connectivity index (χ0) is 17.9. The molecular formula is C18H34N4O3. The molecule has 2 heterocycles. The molecule has 2 aliphatic rings. The Kier molecular flexibility index (Phi) is 9.21. The van der Waals surface area contributed by atoms with E-state index in [4.69, 9.17) is 4.74 Å². The van der Waals surface area contributed by atoms with Crippen molar-refractivity contribution in [2.75, 3.05) is 72.6 Å². The summed E-state index contributed by atoms with van der Waals surface area (Å²) in [5, 5.41) is 2.85. The Morgan fingerprint density at radius 1 is 0.840 bits per heavy atom. The van der Waals surface area contributed by atoms with Crippen molar-refractivity contribution in [1.82, 2.24) is 20.0 Å². The standard InChI is InChI=1S/C18H34N4O3/c1-25-14-7-19-17(23)15-20-10-12-21(13-11-20)16-18(24)22-8-5-3-2-4-6-9-22/h2-16H2,1H3,(H,19,23). The summed E-state index contributed by atoms with van der Waals surface area (Å²) in [4.78, 5) is 30.8. The molecule has 7 heteroatoms. The second-order valence-corrected chi connectivity index (χ2v) is 7.04. The molecule has 2 amide bonds. The zero-order valence-electron chi connectivity index (χ0n) is 15.7. The molecule has 2 fully saturated rings. The van der Waals surface area contributed by atoms with Gasteiger partial charge in [-0.2, -0.15) is 0 Å². The highest BCUT2D eigenvalue weighted by atomic mass is 16.5. The van der Waals surface area contributed by atoms with E-state index in [2.05, 4.69) is 20.0 Å². The molecule has 0 atom stereocenters. The van der Waals surface area contributed by atoms with E-state index >= 15 is 0 Å². The second kappa shape index (κ2) is 11.4. The van der Waals surface area contributed by atoms with Crippen molar-refractivity contribution in [3.8, 4) is 0 Å². The number of carbonyl (C=O) groups is 2. The van der Waals surface area contributed by atoms with E-state index in [0.29, 0.717) is 26.2 Å². The molecule has 2 rings (SSSR count). The highest BCUT2D eigenvalue weighted by Crippen LogP contribution is 2.11. The van der Waals surface area contributed by atoms with Crippen LogP contribution in [0.1, 0.15) is 32.1 Å². The summed E-state index contributed by atoms with van der Waals surface area (Å²) in [5.74, 6) is 0.315. The number of likely N-dealkylation sites (tertiary alicyclic amines) is 1. The van der Waals surface area contributed by atoms with Crippen molar-refractivity contribution in [1.29, 1.82) is 0 Å². The lowest BCUT2D eigenvalue weighted by Crippen LogP contribution is -2.52. The molecule has 2 saturated heterocycles. The number of amides is 2. The van der Waals surface area contributed by atoms with Crippen molar-refractivity contribution in [3.63, 3.8) is 0 Å². The molecule has 0 saturated carbocycles. The third-order valence-electron chi connectivity index (χ3n) is 5.03. The van der Waals surface area contributed by atoms with Gasteiger partial charge in [0.15, 0.2) is 0 Å². The minimum atomic E-state index is 0.0437. The predicted octanol–water partition coefficient (Wildman–Crippen LogP) is 0.159. The van der Waals surface area contributed by atoms with E-state index in [-0.39, 0.29) is 11.8 Å². The lowest BCUT2D eigenvalue weighted by atomic mass is 10.1. The van der Waals surface area contributed by atoms with Crippen LogP contribution in [-0.4, -0.2) is 99.1 Å². The first-order valence-electron chi connectivity index (χ1n) is 9.67. The maximum atomic E-state index is 12.5. The van der Waals surface area contributed by atoms with Gasteiger partial charge in [-0.1, -0.05) is 19.3 Å². The summed E-state index contributed by atoms with van der Waals surface area (Å²) in [5.41, 5.74) is 0. The minimum Gasteiger partial charge on any atom is -0.383 e. The van der Waals surface area contributed by atoms with Gasteiger partial charge in [-0.05, 0) is 12.8 Å². The first kappa shape index (κ1) is 20.1. The van der Waals surface area contributed by atoms with E-state index in [9.17, 15) is 9.59 Å². The molecule has 0 radical (unpaired) electrons. The molecule has 0 aromatic heterocycles. The summed E-state index contributed by atoms with van der Waals surface area (Å²) in [7, 11) is 1.62. The topological polar surface area (TPSA) is 65.1 Å². The number of hydrogen-bond donors (Lipinski definition) is 1. The Morgan fingerprint density at radius 2 is 1.40 bits per heavy atom. The van der Waals surface area contributed by atoms with E-state index < -0.39 is 0 Å². The van der Waals surface area contributed by atoms with Crippen LogP contribution in [0.4, 0.5) is 0 Å². The molecule has 0 aliphatic carbocycles.